The fourth-order valence-corrected chi connectivity index (χ4v) is 3.22. The lowest BCUT2D eigenvalue weighted by Crippen LogP contribution is -2.25. The summed E-state index contributed by atoms with van der Waals surface area (Å²) in [5.74, 6) is -0.948. The number of nitrogen functional groups attached to an aromatic ring is 1. The summed E-state index contributed by atoms with van der Waals surface area (Å²) in [6, 6.07) is 4.75. The van der Waals surface area contributed by atoms with E-state index >= 15 is 0 Å². The minimum Gasteiger partial charge on any atom is -0.397 e. The van der Waals surface area contributed by atoms with Gasteiger partial charge < -0.3 is 35.4 Å². The molecule has 3 aromatic rings. The Bertz CT molecular complexity index is 1140. The molecule has 5 N–H and O–H groups in total. The molecule has 3 rings (SSSR count). The number of rotatable bonds is 7. The molecule has 0 saturated heterocycles. The molecule has 0 atom stereocenters. The summed E-state index contributed by atoms with van der Waals surface area (Å²) in [6.45, 7) is 4.16. The number of amides is 3. The predicted octanol–water partition coefficient (Wildman–Crippen LogP) is 1.74. The molecule has 0 bridgehead atoms. The highest BCUT2D eigenvalue weighted by Crippen LogP contribution is 2.19. The highest BCUT2D eigenvalue weighted by Gasteiger charge is 2.18. The molecule has 0 unspecified atom stereocenters. The third kappa shape index (κ3) is 4.80. The van der Waals surface area contributed by atoms with Crippen molar-refractivity contribution in [2.24, 2.45) is 21.1 Å². The summed E-state index contributed by atoms with van der Waals surface area (Å²) in [7, 11) is 5.15. The largest absolute Gasteiger partial charge is 0.397 e. The first kappa shape index (κ1) is 21.8. The minimum atomic E-state index is -0.374. The highest BCUT2D eigenvalue weighted by molar-refractivity contribution is 6.07. The molecule has 0 aromatic carbocycles. The maximum absolute atomic E-state index is 12.7. The van der Waals surface area contributed by atoms with E-state index in [4.69, 9.17) is 5.73 Å². The van der Waals surface area contributed by atoms with E-state index in [1.807, 2.05) is 0 Å². The summed E-state index contributed by atoms with van der Waals surface area (Å²) in [5, 5.41) is 8.29. The molecule has 1 radical (unpaired) electrons. The van der Waals surface area contributed by atoms with E-state index in [0.717, 1.165) is 0 Å². The van der Waals surface area contributed by atoms with Crippen molar-refractivity contribution in [3.05, 3.63) is 60.8 Å². The molecule has 0 saturated carbocycles. The molecule has 163 valence electrons. The van der Waals surface area contributed by atoms with Gasteiger partial charge in [0, 0.05) is 46.3 Å². The van der Waals surface area contributed by atoms with Gasteiger partial charge in [-0.3, -0.25) is 14.4 Å². The molecule has 31 heavy (non-hydrogen) atoms. The van der Waals surface area contributed by atoms with Crippen molar-refractivity contribution in [3.8, 4) is 0 Å². The zero-order valence-electron chi connectivity index (χ0n) is 17.7. The quantitative estimate of drug-likeness (QED) is 0.461. The topological polar surface area (TPSA) is 128 Å². The van der Waals surface area contributed by atoms with Gasteiger partial charge in [0.15, 0.2) is 0 Å². The van der Waals surface area contributed by atoms with Crippen LogP contribution in [0.15, 0.2) is 36.8 Å². The van der Waals surface area contributed by atoms with Crippen molar-refractivity contribution in [2.45, 2.75) is 6.42 Å². The third-order valence-corrected chi connectivity index (χ3v) is 4.71. The van der Waals surface area contributed by atoms with Gasteiger partial charge in [0.25, 0.3) is 17.7 Å². The van der Waals surface area contributed by atoms with Crippen molar-refractivity contribution < 1.29 is 14.4 Å². The van der Waals surface area contributed by atoms with Gasteiger partial charge in [-0.25, -0.2) is 0 Å². The molecule has 0 spiro atoms. The molecule has 3 heterocycles. The summed E-state index contributed by atoms with van der Waals surface area (Å²) < 4.78 is 4.87. The van der Waals surface area contributed by atoms with Crippen LogP contribution in [-0.4, -0.2) is 38.0 Å². The average molecular weight is 424 g/mol. The number of nitrogens with zero attached hydrogens (tertiary/aromatic N) is 3. The lowest BCUT2D eigenvalue weighted by atomic mass is 10.3. The van der Waals surface area contributed by atoms with Gasteiger partial charge in [-0.15, -0.1) is 0 Å². The number of carbonyl (C=O) groups excluding carboxylic acids is 3. The maximum atomic E-state index is 12.7. The predicted molar refractivity (Wildman–Crippen MR) is 119 cm³/mol. The first-order valence-corrected chi connectivity index (χ1v) is 9.64. The van der Waals surface area contributed by atoms with Crippen LogP contribution >= 0.6 is 0 Å². The fourth-order valence-electron chi connectivity index (χ4n) is 3.22. The number of aryl methyl sites for hydroxylation is 3. The van der Waals surface area contributed by atoms with Crippen LogP contribution in [0, 0.1) is 6.92 Å². The van der Waals surface area contributed by atoms with Crippen LogP contribution in [-0.2, 0) is 21.1 Å². The van der Waals surface area contributed by atoms with Gasteiger partial charge in [-0.05, 0) is 24.6 Å². The van der Waals surface area contributed by atoms with E-state index in [0.29, 0.717) is 47.1 Å². The Balaban J connectivity index is 1.70. The Morgan fingerprint density at radius 3 is 1.71 bits per heavy atom. The van der Waals surface area contributed by atoms with Gasteiger partial charge in [0.2, 0.25) is 0 Å². The number of anilines is 3. The maximum Gasteiger partial charge on any atom is 0.272 e. The molecule has 0 aliphatic carbocycles. The average Bonchev–Trinajstić information content (AvgIpc) is 3.36. The monoisotopic (exact) mass is 424 g/mol. The van der Waals surface area contributed by atoms with Crippen molar-refractivity contribution in [1.29, 1.82) is 0 Å². The first-order chi connectivity index (χ1) is 14.7. The zero-order valence-corrected chi connectivity index (χ0v) is 17.7. The molecule has 10 nitrogen and oxygen atoms in total. The highest BCUT2D eigenvalue weighted by atomic mass is 16.2. The van der Waals surface area contributed by atoms with E-state index in [1.54, 1.807) is 71.6 Å². The van der Waals surface area contributed by atoms with Crippen molar-refractivity contribution in [3.63, 3.8) is 0 Å². The Morgan fingerprint density at radius 1 is 0.806 bits per heavy atom. The van der Waals surface area contributed by atoms with E-state index < -0.39 is 0 Å². The number of hydrogen-bond donors (Lipinski definition) is 4. The summed E-state index contributed by atoms with van der Waals surface area (Å²) in [5.41, 5.74) is 8.33. The number of hydrogen-bond acceptors (Lipinski definition) is 4. The number of carbonyl (C=O) groups is 3. The molecule has 0 aliphatic rings. The molecule has 10 heteroatoms. The van der Waals surface area contributed by atoms with Gasteiger partial charge in [-0.1, -0.05) is 6.92 Å². The Kier molecular flexibility index (Phi) is 6.19. The summed E-state index contributed by atoms with van der Waals surface area (Å²) in [4.78, 5) is 37.4. The SMILES string of the molecule is [CH2]CCNC(=O)c1cc(NC(=O)c2cc(NC(=O)c3cc(N)cn3C)cn2C)cn1C. The van der Waals surface area contributed by atoms with E-state index in [-0.39, 0.29) is 17.7 Å². The van der Waals surface area contributed by atoms with E-state index in [1.165, 1.54) is 0 Å². The normalized spacial score (nSPS) is 10.7. The second-order valence-corrected chi connectivity index (χ2v) is 7.24. The molecular formula is C21H26N7O3. The van der Waals surface area contributed by atoms with Crippen LogP contribution < -0.4 is 21.7 Å². The Labute approximate surface area is 180 Å². The second-order valence-electron chi connectivity index (χ2n) is 7.24. The van der Waals surface area contributed by atoms with E-state index in [2.05, 4.69) is 22.9 Å². The van der Waals surface area contributed by atoms with Gasteiger partial charge in [0.05, 0.1) is 17.1 Å². The summed E-state index contributed by atoms with van der Waals surface area (Å²) in [6.07, 6.45) is 5.53. The van der Waals surface area contributed by atoms with Gasteiger partial charge in [0.1, 0.15) is 17.1 Å². The Hall–Kier alpha value is -3.95. The fraction of sp³-hybridized carbons (Fsp3) is 0.238. The zero-order chi connectivity index (χ0) is 22.7. The third-order valence-electron chi connectivity index (χ3n) is 4.71. The lowest BCUT2D eigenvalue weighted by molar-refractivity contribution is 0.0944. The number of nitrogens with two attached hydrogens (primary N) is 1. The Morgan fingerprint density at radius 2 is 1.26 bits per heavy atom. The van der Waals surface area contributed by atoms with Crippen molar-refractivity contribution >= 4 is 34.8 Å². The second kappa shape index (κ2) is 8.82. The van der Waals surface area contributed by atoms with E-state index in [9.17, 15) is 14.4 Å². The van der Waals surface area contributed by atoms with Gasteiger partial charge in [-0.2, -0.15) is 0 Å². The molecule has 3 aromatic heterocycles. The summed E-state index contributed by atoms with van der Waals surface area (Å²) >= 11 is 0. The van der Waals surface area contributed by atoms with Crippen molar-refractivity contribution in [2.75, 3.05) is 22.9 Å². The van der Waals surface area contributed by atoms with Crippen LogP contribution in [0.1, 0.15) is 37.9 Å². The molecule has 3 amide bonds. The van der Waals surface area contributed by atoms with Crippen LogP contribution in [0.3, 0.4) is 0 Å². The van der Waals surface area contributed by atoms with Crippen LogP contribution in [0.25, 0.3) is 0 Å². The minimum absolute atomic E-state index is 0.239. The molecular weight excluding hydrogens is 398 g/mol. The number of nitrogens with one attached hydrogen (secondary N) is 3. The molecule has 0 fully saturated rings. The van der Waals surface area contributed by atoms with Gasteiger partial charge >= 0.3 is 0 Å². The smallest absolute Gasteiger partial charge is 0.272 e. The number of aromatic nitrogens is 3. The van der Waals surface area contributed by atoms with Crippen LogP contribution in [0.4, 0.5) is 17.1 Å². The van der Waals surface area contributed by atoms with Crippen LogP contribution in [0.2, 0.25) is 0 Å². The standard InChI is InChI=1S/C21H26N7O3/c1-5-6-23-19(29)17-8-14(11-27(17)3)25-21(31)18-9-15(12-28(18)4)24-20(30)16-7-13(22)10-26(16)2/h7-12H,1,5-6,22H2,2-4H3,(H,23,29)(H,24,30)(H,25,31). The van der Waals surface area contributed by atoms with Crippen molar-refractivity contribution in [1.82, 2.24) is 19.0 Å². The lowest BCUT2D eigenvalue weighted by Gasteiger charge is -2.03. The first-order valence-electron chi connectivity index (χ1n) is 9.64. The van der Waals surface area contributed by atoms with Crippen LogP contribution in [0.5, 0.6) is 0 Å². The molecule has 0 aliphatic heterocycles.